The van der Waals surface area contributed by atoms with Crippen LogP contribution >= 0.6 is 23.2 Å². The number of aryl methyl sites for hydroxylation is 4. The Labute approximate surface area is 326 Å². The Morgan fingerprint density at radius 2 is 0.942 bits per heavy atom. The summed E-state index contributed by atoms with van der Waals surface area (Å²) in [6, 6.07) is 30.6. The lowest BCUT2D eigenvalue weighted by Gasteiger charge is -2.10. The van der Waals surface area contributed by atoms with Crippen molar-refractivity contribution in [2.24, 2.45) is 23.7 Å². The predicted octanol–water partition coefficient (Wildman–Crippen LogP) is 14.4. The summed E-state index contributed by atoms with van der Waals surface area (Å²) in [6.45, 7) is 15.6. The Hall–Kier alpha value is -2.85. The van der Waals surface area contributed by atoms with Crippen LogP contribution in [-0.4, -0.2) is 16.8 Å². The van der Waals surface area contributed by atoms with E-state index in [-0.39, 0.29) is 12.4 Å². The van der Waals surface area contributed by atoms with Gasteiger partial charge in [0.25, 0.3) is 0 Å². The van der Waals surface area contributed by atoms with Gasteiger partial charge in [0.1, 0.15) is 11.6 Å². The van der Waals surface area contributed by atoms with Crippen molar-refractivity contribution >= 4 is 23.2 Å². The highest BCUT2D eigenvalue weighted by molar-refractivity contribution is 6.31. The number of para-hydroxylation sites is 1. The second kappa shape index (κ2) is 28.6. The molecule has 2 nitrogen and oxygen atoms in total. The lowest BCUT2D eigenvalue weighted by Crippen LogP contribution is -2.02. The van der Waals surface area contributed by atoms with Crippen molar-refractivity contribution < 1.29 is 14.6 Å². The highest BCUT2D eigenvalue weighted by Gasteiger charge is 2.06. The third-order valence-corrected chi connectivity index (χ3v) is 10.1. The lowest BCUT2D eigenvalue weighted by molar-refractivity contribution is 0.230. The maximum atomic E-state index is 13.0. The summed E-state index contributed by atoms with van der Waals surface area (Å²) in [4.78, 5) is 0. The molecule has 3 unspecified atom stereocenters. The number of halogens is 3. The molecule has 0 amide bonds. The van der Waals surface area contributed by atoms with E-state index < -0.39 is 0 Å². The molecule has 2 N–H and O–H groups in total. The first-order valence-corrected chi connectivity index (χ1v) is 20.2. The van der Waals surface area contributed by atoms with Crippen molar-refractivity contribution in [1.82, 2.24) is 0 Å². The molecule has 0 aromatic heterocycles. The summed E-state index contributed by atoms with van der Waals surface area (Å²) in [6.07, 6.45) is 12.1. The van der Waals surface area contributed by atoms with Crippen LogP contribution in [0.2, 0.25) is 10.0 Å². The van der Waals surface area contributed by atoms with Gasteiger partial charge in [-0.3, -0.25) is 0 Å². The molecule has 0 aliphatic heterocycles. The molecule has 0 heterocycles. The van der Waals surface area contributed by atoms with Gasteiger partial charge >= 0.3 is 0 Å². The van der Waals surface area contributed by atoms with Crippen LogP contribution in [0.25, 0.3) is 0 Å². The molecule has 4 aromatic rings. The Kier molecular flexibility index (Phi) is 26.0. The number of phenols is 1. The number of hydrogen-bond donors (Lipinski definition) is 2. The second-order valence-electron chi connectivity index (χ2n) is 14.6. The fraction of sp³-hybridized carbons (Fsp3) is 0.489. The average Bonchev–Trinajstić information content (AvgIpc) is 3.14. The van der Waals surface area contributed by atoms with Gasteiger partial charge in [0.2, 0.25) is 0 Å². The van der Waals surface area contributed by atoms with Crippen molar-refractivity contribution in [3.8, 4) is 5.75 Å². The van der Waals surface area contributed by atoms with E-state index in [2.05, 4.69) is 53.7 Å². The number of aromatic hydroxyl groups is 1. The van der Waals surface area contributed by atoms with Crippen molar-refractivity contribution in [1.29, 1.82) is 0 Å². The molecule has 0 bridgehead atoms. The minimum atomic E-state index is -0.0712. The Balaban J connectivity index is 0.000000347. The lowest BCUT2D eigenvalue weighted by atomic mass is 9.97. The molecule has 5 heteroatoms. The second-order valence-corrected chi connectivity index (χ2v) is 15.5. The van der Waals surface area contributed by atoms with Crippen molar-refractivity contribution in [2.45, 2.75) is 119 Å². The van der Waals surface area contributed by atoms with Gasteiger partial charge < -0.3 is 10.2 Å². The minimum Gasteiger partial charge on any atom is -0.508 e. The third-order valence-electron chi connectivity index (χ3n) is 9.37. The molecule has 0 radical (unpaired) electrons. The monoisotopic (exact) mass is 752 g/mol. The van der Waals surface area contributed by atoms with Gasteiger partial charge in [-0.2, -0.15) is 0 Å². The molecule has 0 saturated heterocycles. The number of hydrogen-bond acceptors (Lipinski definition) is 2. The first kappa shape index (κ1) is 47.2. The van der Waals surface area contributed by atoms with Gasteiger partial charge in [-0.05, 0) is 122 Å². The molecule has 4 rings (SSSR count). The molecule has 0 aliphatic carbocycles. The van der Waals surface area contributed by atoms with E-state index in [4.69, 9.17) is 28.3 Å². The number of benzene rings is 4. The van der Waals surface area contributed by atoms with Gasteiger partial charge in [-0.25, -0.2) is 4.39 Å². The highest BCUT2D eigenvalue weighted by atomic mass is 35.5. The van der Waals surface area contributed by atoms with Gasteiger partial charge in [-0.1, -0.05) is 164 Å². The molecule has 0 spiro atoms. The van der Waals surface area contributed by atoms with Gasteiger partial charge in [0.15, 0.2) is 0 Å². The summed E-state index contributed by atoms with van der Waals surface area (Å²) in [5, 5.41) is 20.1. The molecular formula is C47H67Cl2FO2. The first-order valence-electron chi connectivity index (χ1n) is 19.5. The summed E-state index contributed by atoms with van der Waals surface area (Å²) in [5.41, 5.74) is 4.37. The topological polar surface area (TPSA) is 40.5 Å². The summed E-state index contributed by atoms with van der Waals surface area (Å²) in [7, 11) is 0. The first-order chi connectivity index (χ1) is 24.9. The van der Waals surface area contributed by atoms with Crippen LogP contribution in [-0.2, 0) is 25.7 Å². The van der Waals surface area contributed by atoms with Gasteiger partial charge in [0.05, 0.1) is 0 Å². The molecule has 288 valence electrons. The zero-order valence-electron chi connectivity index (χ0n) is 33.1. The largest absolute Gasteiger partial charge is 0.508 e. The van der Waals surface area contributed by atoms with Crippen molar-refractivity contribution in [3.05, 3.63) is 135 Å². The van der Waals surface area contributed by atoms with E-state index in [1.807, 2.05) is 73.7 Å². The predicted molar refractivity (Wildman–Crippen MR) is 225 cm³/mol. The van der Waals surface area contributed by atoms with Crippen molar-refractivity contribution in [3.63, 3.8) is 0 Å². The van der Waals surface area contributed by atoms with Gasteiger partial charge in [-0.15, -0.1) is 0 Å². The normalized spacial score (nSPS) is 12.3. The number of rotatable bonds is 16. The molecule has 52 heavy (non-hydrogen) atoms. The maximum absolute atomic E-state index is 13.0. The number of aliphatic hydroxyl groups is 1. The molecule has 0 saturated carbocycles. The fourth-order valence-corrected chi connectivity index (χ4v) is 5.87. The molecular weight excluding hydrogens is 686 g/mol. The quantitative estimate of drug-likeness (QED) is 0.120. The Morgan fingerprint density at radius 1 is 0.519 bits per heavy atom. The van der Waals surface area contributed by atoms with Crippen LogP contribution in [0, 0.1) is 29.5 Å². The number of aliphatic hydroxyl groups excluding tert-OH is 1. The van der Waals surface area contributed by atoms with E-state index in [1.54, 1.807) is 12.1 Å². The minimum absolute atomic E-state index is 0.0712. The summed E-state index contributed by atoms with van der Waals surface area (Å²) < 4.78 is 13.0. The maximum Gasteiger partial charge on any atom is 0.126 e. The van der Waals surface area contributed by atoms with Crippen LogP contribution in [0.1, 0.15) is 116 Å². The smallest absolute Gasteiger partial charge is 0.126 e. The Morgan fingerprint density at radius 3 is 1.40 bits per heavy atom. The highest BCUT2D eigenvalue weighted by Crippen LogP contribution is 2.22. The SMILES string of the molecule is CC(C)CCc1ccccc1F.CC(CO)CCc1ccccc1Cl.CCC(C)CCc1ccccc1Cl.CCCC(C)CCc1ccccc1O. The molecule has 0 fully saturated rings. The zero-order chi connectivity index (χ0) is 38.7. The van der Waals surface area contributed by atoms with Crippen LogP contribution in [0.3, 0.4) is 0 Å². The van der Waals surface area contributed by atoms with E-state index in [0.29, 0.717) is 17.6 Å². The van der Waals surface area contributed by atoms with E-state index in [0.717, 1.165) is 71.5 Å². The van der Waals surface area contributed by atoms with Gasteiger partial charge in [0, 0.05) is 16.7 Å². The van der Waals surface area contributed by atoms with Crippen LogP contribution < -0.4 is 0 Å². The Bertz CT molecular complexity index is 1420. The van der Waals surface area contributed by atoms with Crippen LogP contribution in [0.5, 0.6) is 5.75 Å². The molecule has 4 aromatic carbocycles. The number of phenolic OH excluding ortho intramolecular Hbond substituents is 1. The third kappa shape index (κ3) is 21.6. The average molecular weight is 754 g/mol. The standard InChI is InChI=1S/C13H20O.C12H17Cl.C11H15ClO.C11H15F/c1-3-6-11(2)9-10-12-7-4-5-8-13(12)14;1-3-10(2)8-9-11-6-4-5-7-12(11)13;1-9(8-13)6-7-10-4-2-3-5-11(10)12;1-9(2)7-8-10-5-3-4-6-11(10)12/h4-5,7-8,11,14H,3,6,9-10H2,1-2H3;4-7,10H,3,8-9H2,1-2H3;2-5,9,13H,6-8H2,1H3;3-6,9H,7-8H2,1-2H3. The van der Waals surface area contributed by atoms with E-state index in [9.17, 15) is 9.50 Å². The van der Waals surface area contributed by atoms with E-state index in [1.165, 1.54) is 49.3 Å². The molecule has 0 aliphatic rings. The van der Waals surface area contributed by atoms with Crippen LogP contribution in [0.15, 0.2) is 97.1 Å². The van der Waals surface area contributed by atoms with Crippen LogP contribution in [0.4, 0.5) is 4.39 Å². The van der Waals surface area contributed by atoms with E-state index >= 15 is 0 Å². The summed E-state index contributed by atoms with van der Waals surface area (Å²) >= 11 is 12.0. The van der Waals surface area contributed by atoms with Crippen molar-refractivity contribution in [2.75, 3.05) is 6.61 Å². The zero-order valence-corrected chi connectivity index (χ0v) is 34.6. The summed E-state index contributed by atoms with van der Waals surface area (Å²) in [5.74, 6) is 2.94. The molecule has 3 atom stereocenters. The fourth-order valence-electron chi connectivity index (χ4n) is 5.41.